The van der Waals surface area contributed by atoms with Crippen LogP contribution in [0.1, 0.15) is 49.2 Å². The molecule has 0 saturated heterocycles. The number of para-hydroxylation sites is 1. The van der Waals surface area contributed by atoms with Crippen LogP contribution in [0.15, 0.2) is 29.2 Å². The molecule has 2 heterocycles. The zero-order chi connectivity index (χ0) is 15.9. The number of aromatic nitrogens is 1. The van der Waals surface area contributed by atoms with E-state index in [9.17, 15) is 9.59 Å². The van der Waals surface area contributed by atoms with E-state index in [1.165, 1.54) is 5.56 Å². The van der Waals surface area contributed by atoms with Gasteiger partial charge in [-0.15, -0.1) is 0 Å². The zero-order valence-corrected chi connectivity index (χ0v) is 13.3. The highest BCUT2D eigenvalue weighted by molar-refractivity contribution is 5.98. The molecule has 2 aromatic rings. The summed E-state index contributed by atoms with van der Waals surface area (Å²) in [6.45, 7) is 6.94. The molecule has 1 aliphatic heterocycles. The fourth-order valence-electron chi connectivity index (χ4n) is 3.15. The minimum absolute atomic E-state index is 0.163. The summed E-state index contributed by atoms with van der Waals surface area (Å²) in [4.78, 5) is 25.0. The summed E-state index contributed by atoms with van der Waals surface area (Å²) in [6.07, 6.45) is 3.56. The minimum Gasteiger partial charge on any atom is -0.352 e. The lowest BCUT2D eigenvalue weighted by Crippen LogP contribution is -2.31. The predicted octanol–water partition coefficient (Wildman–Crippen LogP) is 2.89. The van der Waals surface area contributed by atoms with Crippen LogP contribution in [0.3, 0.4) is 0 Å². The van der Waals surface area contributed by atoms with Gasteiger partial charge in [-0.2, -0.15) is 0 Å². The SMILES string of the molecule is CC(C)CCNC(=O)c1cn2c3c(cccc3c1=O)C[C@H]2C. The van der Waals surface area contributed by atoms with Gasteiger partial charge < -0.3 is 9.88 Å². The number of hydrogen-bond donors (Lipinski definition) is 1. The molecule has 0 radical (unpaired) electrons. The van der Waals surface area contributed by atoms with Crippen LogP contribution in [0.25, 0.3) is 10.9 Å². The lowest BCUT2D eigenvalue weighted by Gasteiger charge is -2.13. The van der Waals surface area contributed by atoms with Crippen molar-refractivity contribution in [1.29, 1.82) is 0 Å². The van der Waals surface area contributed by atoms with Gasteiger partial charge in [0.25, 0.3) is 5.91 Å². The van der Waals surface area contributed by atoms with E-state index in [1.54, 1.807) is 6.20 Å². The van der Waals surface area contributed by atoms with Crippen LogP contribution in [-0.2, 0) is 6.42 Å². The van der Waals surface area contributed by atoms with Gasteiger partial charge in [-0.25, -0.2) is 0 Å². The van der Waals surface area contributed by atoms with Crippen molar-refractivity contribution in [2.45, 2.75) is 39.7 Å². The Labute approximate surface area is 130 Å². The molecule has 4 heteroatoms. The van der Waals surface area contributed by atoms with E-state index in [4.69, 9.17) is 0 Å². The molecule has 0 spiro atoms. The van der Waals surface area contributed by atoms with Gasteiger partial charge in [0.1, 0.15) is 5.56 Å². The van der Waals surface area contributed by atoms with Crippen LogP contribution in [-0.4, -0.2) is 17.0 Å². The molecule has 4 nitrogen and oxygen atoms in total. The molecule has 1 aromatic heterocycles. The number of nitrogens with one attached hydrogen (secondary N) is 1. The lowest BCUT2D eigenvalue weighted by atomic mass is 10.1. The Hall–Kier alpha value is -2.10. The first-order valence-corrected chi connectivity index (χ1v) is 7.94. The van der Waals surface area contributed by atoms with Gasteiger partial charge in [0.2, 0.25) is 5.43 Å². The second-order valence-electron chi connectivity index (χ2n) is 6.58. The van der Waals surface area contributed by atoms with Crippen LogP contribution in [0, 0.1) is 5.92 Å². The van der Waals surface area contributed by atoms with Crippen molar-refractivity contribution in [3.8, 4) is 0 Å². The topological polar surface area (TPSA) is 51.1 Å². The highest BCUT2D eigenvalue weighted by Gasteiger charge is 2.24. The second-order valence-corrected chi connectivity index (χ2v) is 6.58. The van der Waals surface area contributed by atoms with Crippen molar-refractivity contribution in [1.82, 2.24) is 9.88 Å². The van der Waals surface area contributed by atoms with Crippen LogP contribution in [0.4, 0.5) is 0 Å². The normalized spacial score (nSPS) is 16.5. The molecule has 0 unspecified atom stereocenters. The van der Waals surface area contributed by atoms with Crippen molar-refractivity contribution >= 4 is 16.8 Å². The van der Waals surface area contributed by atoms with Crippen molar-refractivity contribution in [3.05, 3.63) is 45.7 Å². The molecule has 1 aliphatic rings. The molecular formula is C18H22N2O2. The van der Waals surface area contributed by atoms with E-state index in [-0.39, 0.29) is 22.9 Å². The van der Waals surface area contributed by atoms with E-state index in [1.807, 2.05) is 12.1 Å². The molecule has 0 saturated carbocycles. The third-order valence-corrected chi connectivity index (χ3v) is 4.38. The van der Waals surface area contributed by atoms with Gasteiger partial charge in [-0.1, -0.05) is 26.0 Å². The number of rotatable bonds is 4. The molecule has 1 aromatic carbocycles. The second kappa shape index (κ2) is 5.59. The summed E-state index contributed by atoms with van der Waals surface area (Å²) in [5.74, 6) is 0.263. The number of hydrogen-bond acceptors (Lipinski definition) is 2. The largest absolute Gasteiger partial charge is 0.352 e. The molecule has 0 bridgehead atoms. The van der Waals surface area contributed by atoms with E-state index >= 15 is 0 Å². The molecular weight excluding hydrogens is 276 g/mol. The third-order valence-electron chi connectivity index (χ3n) is 4.38. The van der Waals surface area contributed by atoms with Crippen LogP contribution in [0.5, 0.6) is 0 Å². The minimum atomic E-state index is -0.263. The van der Waals surface area contributed by atoms with E-state index in [2.05, 4.69) is 36.7 Å². The molecule has 3 rings (SSSR count). The summed E-state index contributed by atoms with van der Waals surface area (Å²) in [7, 11) is 0. The Balaban J connectivity index is 2.01. The Morgan fingerprint density at radius 2 is 2.18 bits per heavy atom. The molecule has 1 atom stereocenters. The van der Waals surface area contributed by atoms with Crippen molar-refractivity contribution < 1.29 is 4.79 Å². The Bertz CT molecular complexity index is 790. The first-order valence-electron chi connectivity index (χ1n) is 7.94. The van der Waals surface area contributed by atoms with Crippen molar-refractivity contribution in [2.24, 2.45) is 5.92 Å². The number of pyridine rings is 1. The standard InChI is InChI=1S/C18H22N2O2/c1-11(2)7-8-19-18(22)15-10-20-12(3)9-13-5-4-6-14(16(13)20)17(15)21/h4-6,10-12H,7-9H2,1-3H3,(H,19,22)/t12-/m1/s1. The maximum absolute atomic E-state index is 12.6. The summed E-state index contributed by atoms with van der Waals surface area (Å²) in [5, 5.41) is 3.52. The summed E-state index contributed by atoms with van der Waals surface area (Å²) in [5.41, 5.74) is 2.26. The number of amides is 1. The maximum atomic E-state index is 12.6. The van der Waals surface area contributed by atoms with Crippen LogP contribution in [0.2, 0.25) is 0 Å². The van der Waals surface area contributed by atoms with Gasteiger partial charge in [0.15, 0.2) is 0 Å². The van der Waals surface area contributed by atoms with E-state index in [0.717, 1.165) is 18.4 Å². The molecule has 116 valence electrons. The van der Waals surface area contributed by atoms with Gasteiger partial charge in [0, 0.05) is 24.2 Å². The first kappa shape index (κ1) is 14.8. The Morgan fingerprint density at radius 1 is 1.41 bits per heavy atom. The molecule has 0 aliphatic carbocycles. The Kier molecular flexibility index (Phi) is 3.77. The Morgan fingerprint density at radius 3 is 2.91 bits per heavy atom. The highest BCUT2D eigenvalue weighted by Crippen LogP contribution is 2.30. The molecule has 1 amide bonds. The number of benzene rings is 1. The lowest BCUT2D eigenvalue weighted by molar-refractivity contribution is 0.0950. The monoisotopic (exact) mass is 298 g/mol. The number of nitrogens with zero attached hydrogens (tertiary/aromatic N) is 1. The quantitative estimate of drug-likeness (QED) is 0.943. The average molecular weight is 298 g/mol. The fourth-order valence-corrected chi connectivity index (χ4v) is 3.15. The van der Waals surface area contributed by atoms with Gasteiger partial charge >= 0.3 is 0 Å². The number of carbonyl (C=O) groups excluding carboxylic acids is 1. The van der Waals surface area contributed by atoms with E-state index < -0.39 is 0 Å². The summed E-state index contributed by atoms with van der Waals surface area (Å²) in [6, 6.07) is 6.06. The average Bonchev–Trinajstić information content (AvgIpc) is 2.79. The molecule has 22 heavy (non-hydrogen) atoms. The van der Waals surface area contributed by atoms with Crippen LogP contribution < -0.4 is 10.7 Å². The maximum Gasteiger partial charge on any atom is 0.256 e. The molecule has 0 fully saturated rings. The van der Waals surface area contributed by atoms with Crippen molar-refractivity contribution in [3.63, 3.8) is 0 Å². The smallest absolute Gasteiger partial charge is 0.256 e. The fraction of sp³-hybridized carbons (Fsp3) is 0.444. The zero-order valence-electron chi connectivity index (χ0n) is 13.3. The summed E-state index contributed by atoms with van der Waals surface area (Å²) >= 11 is 0. The van der Waals surface area contributed by atoms with Gasteiger partial charge in [-0.05, 0) is 37.3 Å². The van der Waals surface area contributed by atoms with Gasteiger partial charge in [0.05, 0.1) is 5.52 Å². The predicted molar refractivity (Wildman–Crippen MR) is 88.4 cm³/mol. The van der Waals surface area contributed by atoms with Gasteiger partial charge in [-0.3, -0.25) is 9.59 Å². The highest BCUT2D eigenvalue weighted by atomic mass is 16.2. The first-order chi connectivity index (χ1) is 10.5. The summed E-state index contributed by atoms with van der Waals surface area (Å²) < 4.78 is 2.07. The third kappa shape index (κ3) is 2.43. The van der Waals surface area contributed by atoms with E-state index in [0.29, 0.717) is 17.8 Å². The van der Waals surface area contributed by atoms with Crippen LogP contribution >= 0.6 is 0 Å². The van der Waals surface area contributed by atoms with Crippen molar-refractivity contribution in [2.75, 3.05) is 6.54 Å². The number of carbonyl (C=O) groups is 1. The molecule has 1 N–H and O–H groups in total.